The van der Waals surface area contributed by atoms with Crippen LogP contribution >= 0.6 is 0 Å². The molecule has 1 heterocycles. The number of carbonyl (C=O) groups is 2. The Bertz CT molecular complexity index is 1140. The molecular weight excluding hydrogens is 442 g/mol. The highest BCUT2D eigenvalue weighted by molar-refractivity contribution is 5.82. The Morgan fingerprint density at radius 3 is 2.14 bits per heavy atom. The standard InChI is InChI=1S/C28H27NO5.CH4/c1-32-20-14-12-19(13-15-20)17-33-27(30)26-11-6-16-29(26)28(31)34-18-25-23-9-4-2-7-21(23)22-8-3-5-10-24(22)25;/h2-5,7-10,12-15,25-26H,6,11,16-18H2,1H3;1H4/t26-;/m0./s1. The number of nitrogens with zero attached hydrogens (tertiary/aromatic N) is 1. The van der Waals surface area contributed by atoms with E-state index in [0.29, 0.717) is 13.0 Å². The number of rotatable bonds is 6. The number of fused-ring (bicyclic) bond motifs is 3. The van der Waals surface area contributed by atoms with Crippen LogP contribution in [0.2, 0.25) is 0 Å². The second-order valence-corrected chi connectivity index (χ2v) is 8.61. The zero-order chi connectivity index (χ0) is 23.5. The molecule has 3 aromatic rings. The van der Waals surface area contributed by atoms with Crippen LogP contribution in [0.15, 0.2) is 72.8 Å². The number of ether oxygens (including phenoxy) is 3. The molecule has 0 spiro atoms. The van der Waals surface area contributed by atoms with Crippen LogP contribution in [0.3, 0.4) is 0 Å². The van der Waals surface area contributed by atoms with Crippen LogP contribution in [-0.2, 0) is 20.9 Å². The van der Waals surface area contributed by atoms with Crippen molar-refractivity contribution in [2.75, 3.05) is 20.3 Å². The van der Waals surface area contributed by atoms with E-state index >= 15 is 0 Å². The summed E-state index contributed by atoms with van der Waals surface area (Å²) in [5.74, 6) is 0.327. The Balaban J connectivity index is 0.00000289. The number of amides is 1. The van der Waals surface area contributed by atoms with Crippen LogP contribution in [0.1, 0.15) is 42.9 Å². The van der Waals surface area contributed by atoms with E-state index < -0.39 is 18.1 Å². The van der Waals surface area contributed by atoms with Crippen molar-refractivity contribution in [2.45, 2.75) is 38.8 Å². The molecule has 3 aromatic carbocycles. The second-order valence-electron chi connectivity index (χ2n) is 8.61. The summed E-state index contributed by atoms with van der Waals surface area (Å²) in [4.78, 5) is 27.2. The monoisotopic (exact) mass is 473 g/mol. The Kier molecular flexibility index (Phi) is 7.39. The molecule has 1 aliphatic heterocycles. The van der Waals surface area contributed by atoms with Crippen LogP contribution in [0.25, 0.3) is 11.1 Å². The van der Waals surface area contributed by atoms with Crippen molar-refractivity contribution in [1.29, 1.82) is 0 Å². The molecule has 5 rings (SSSR count). The van der Waals surface area contributed by atoms with E-state index in [4.69, 9.17) is 14.2 Å². The molecule has 6 heteroatoms. The van der Waals surface area contributed by atoms with Crippen molar-refractivity contribution in [2.24, 2.45) is 0 Å². The fraction of sp³-hybridized carbons (Fsp3) is 0.310. The molecule has 1 atom stereocenters. The first-order valence-electron chi connectivity index (χ1n) is 11.6. The third-order valence-corrected chi connectivity index (χ3v) is 6.64. The van der Waals surface area contributed by atoms with Crippen molar-refractivity contribution in [3.8, 4) is 16.9 Å². The van der Waals surface area contributed by atoms with Crippen LogP contribution in [0.5, 0.6) is 5.75 Å². The molecule has 1 amide bonds. The Morgan fingerprint density at radius 1 is 0.886 bits per heavy atom. The third-order valence-electron chi connectivity index (χ3n) is 6.64. The number of methoxy groups -OCH3 is 1. The number of benzene rings is 3. The summed E-state index contributed by atoms with van der Waals surface area (Å²) < 4.78 is 16.4. The molecule has 6 nitrogen and oxygen atoms in total. The largest absolute Gasteiger partial charge is 0.497 e. The highest BCUT2D eigenvalue weighted by atomic mass is 16.6. The van der Waals surface area contributed by atoms with Gasteiger partial charge in [-0.15, -0.1) is 0 Å². The molecule has 0 saturated carbocycles. The van der Waals surface area contributed by atoms with Crippen LogP contribution in [0, 0.1) is 0 Å². The van der Waals surface area contributed by atoms with Crippen molar-refractivity contribution in [3.63, 3.8) is 0 Å². The van der Waals surface area contributed by atoms with E-state index in [1.807, 2.05) is 48.5 Å². The third kappa shape index (κ3) is 4.87. The molecule has 0 N–H and O–H groups in total. The number of likely N-dealkylation sites (tertiary alicyclic amines) is 1. The zero-order valence-electron chi connectivity index (χ0n) is 19.1. The number of hydrogen-bond donors (Lipinski definition) is 0. The van der Waals surface area contributed by atoms with E-state index in [1.165, 1.54) is 16.0 Å². The predicted octanol–water partition coefficient (Wildman–Crippen LogP) is 5.79. The summed E-state index contributed by atoms with van der Waals surface area (Å²) in [5, 5.41) is 0. The lowest BCUT2D eigenvalue weighted by molar-refractivity contribution is -0.149. The van der Waals surface area contributed by atoms with Gasteiger partial charge in [0.25, 0.3) is 0 Å². The van der Waals surface area contributed by atoms with E-state index in [9.17, 15) is 9.59 Å². The maximum absolute atomic E-state index is 13.0. The minimum absolute atomic E-state index is 0. The molecule has 0 unspecified atom stereocenters. The average Bonchev–Trinajstić information content (AvgIpc) is 3.50. The highest BCUT2D eigenvalue weighted by Gasteiger charge is 2.37. The van der Waals surface area contributed by atoms with Gasteiger partial charge in [0, 0.05) is 12.5 Å². The van der Waals surface area contributed by atoms with Crippen LogP contribution in [-0.4, -0.2) is 43.3 Å². The number of esters is 1. The summed E-state index contributed by atoms with van der Waals surface area (Å²) in [6, 6.07) is 23.2. The summed E-state index contributed by atoms with van der Waals surface area (Å²) in [5.41, 5.74) is 5.54. The van der Waals surface area contributed by atoms with E-state index in [0.717, 1.165) is 28.9 Å². The van der Waals surface area contributed by atoms with E-state index in [-0.39, 0.29) is 26.6 Å². The van der Waals surface area contributed by atoms with E-state index in [1.54, 1.807) is 7.11 Å². The molecule has 2 aliphatic rings. The molecule has 35 heavy (non-hydrogen) atoms. The number of hydrogen-bond acceptors (Lipinski definition) is 5. The number of carbonyl (C=O) groups excluding carboxylic acids is 2. The van der Waals surface area contributed by atoms with Crippen molar-refractivity contribution >= 4 is 12.1 Å². The second kappa shape index (κ2) is 10.6. The SMILES string of the molecule is C.COc1ccc(COC(=O)[C@@H]2CCCN2C(=O)OCC2c3ccccc3-c3ccccc32)cc1. The lowest BCUT2D eigenvalue weighted by atomic mass is 9.98. The topological polar surface area (TPSA) is 65.1 Å². The van der Waals surface area contributed by atoms with Gasteiger partial charge in [-0.1, -0.05) is 68.1 Å². The quantitative estimate of drug-likeness (QED) is 0.424. The zero-order valence-corrected chi connectivity index (χ0v) is 19.1. The molecule has 0 aromatic heterocycles. The maximum atomic E-state index is 13.0. The first kappa shape index (κ1) is 24.3. The van der Waals surface area contributed by atoms with Gasteiger partial charge in [0.1, 0.15) is 25.0 Å². The fourth-order valence-corrected chi connectivity index (χ4v) is 4.88. The average molecular weight is 474 g/mol. The van der Waals surface area contributed by atoms with Gasteiger partial charge in [0.2, 0.25) is 0 Å². The van der Waals surface area contributed by atoms with Gasteiger partial charge in [0.15, 0.2) is 0 Å². The maximum Gasteiger partial charge on any atom is 0.410 e. The van der Waals surface area contributed by atoms with Gasteiger partial charge in [-0.3, -0.25) is 4.90 Å². The molecule has 0 radical (unpaired) electrons. The van der Waals surface area contributed by atoms with Gasteiger partial charge in [0.05, 0.1) is 7.11 Å². The summed E-state index contributed by atoms with van der Waals surface area (Å²) in [7, 11) is 1.60. The Labute approximate surface area is 206 Å². The van der Waals surface area contributed by atoms with Gasteiger partial charge in [-0.05, 0) is 52.8 Å². The summed E-state index contributed by atoms with van der Waals surface area (Å²) >= 11 is 0. The van der Waals surface area contributed by atoms with Crippen LogP contribution < -0.4 is 4.74 Å². The lowest BCUT2D eigenvalue weighted by Crippen LogP contribution is -2.42. The molecule has 1 fully saturated rings. The van der Waals surface area contributed by atoms with Crippen molar-refractivity contribution < 1.29 is 23.8 Å². The highest BCUT2D eigenvalue weighted by Crippen LogP contribution is 2.44. The molecule has 1 aliphatic carbocycles. The Morgan fingerprint density at radius 2 is 1.51 bits per heavy atom. The minimum Gasteiger partial charge on any atom is -0.497 e. The Hall–Kier alpha value is -3.80. The van der Waals surface area contributed by atoms with Crippen molar-refractivity contribution in [3.05, 3.63) is 89.5 Å². The minimum atomic E-state index is -0.617. The van der Waals surface area contributed by atoms with Gasteiger partial charge in [-0.25, -0.2) is 9.59 Å². The van der Waals surface area contributed by atoms with Crippen LogP contribution in [0.4, 0.5) is 4.79 Å². The summed E-state index contributed by atoms with van der Waals surface area (Å²) in [6.45, 7) is 0.869. The predicted molar refractivity (Wildman–Crippen MR) is 134 cm³/mol. The van der Waals surface area contributed by atoms with Gasteiger partial charge < -0.3 is 14.2 Å². The van der Waals surface area contributed by atoms with Gasteiger partial charge >= 0.3 is 12.1 Å². The molecule has 182 valence electrons. The smallest absolute Gasteiger partial charge is 0.410 e. The molecule has 1 saturated heterocycles. The first-order chi connectivity index (χ1) is 16.7. The first-order valence-corrected chi connectivity index (χ1v) is 11.6. The van der Waals surface area contributed by atoms with E-state index in [2.05, 4.69) is 24.3 Å². The molecular formula is C29H31NO5. The normalized spacial score (nSPS) is 16.1. The van der Waals surface area contributed by atoms with Crippen molar-refractivity contribution in [1.82, 2.24) is 4.90 Å². The lowest BCUT2D eigenvalue weighted by Gasteiger charge is -2.24. The summed E-state index contributed by atoms with van der Waals surface area (Å²) in [6.07, 6.45) is 0.851. The molecule has 0 bridgehead atoms. The fourth-order valence-electron chi connectivity index (χ4n) is 4.88. The van der Waals surface area contributed by atoms with Gasteiger partial charge in [-0.2, -0.15) is 0 Å².